The van der Waals surface area contributed by atoms with Gasteiger partial charge in [-0.3, -0.25) is 4.72 Å². The van der Waals surface area contributed by atoms with Crippen molar-refractivity contribution in [1.29, 1.82) is 0 Å². The van der Waals surface area contributed by atoms with E-state index in [1.807, 2.05) is 25.1 Å². The number of rotatable bonds is 4. The Morgan fingerprint density at radius 2 is 1.85 bits per heavy atom. The van der Waals surface area contributed by atoms with Gasteiger partial charge in [-0.15, -0.1) is 0 Å². The topological polar surface area (TPSA) is 72.2 Å². The van der Waals surface area contributed by atoms with Gasteiger partial charge < -0.3 is 5.73 Å². The van der Waals surface area contributed by atoms with E-state index in [9.17, 15) is 8.42 Å². The molecule has 2 aromatic carbocycles. The molecule has 3 N–H and O–H groups in total. The third kappa shape index (κ3) is 2.93. The Balaban J connectivity index is 2.38. The fraction of sp³-hybridized carbons (Fsp3) is 0.200. The predicted octanol–water partition coefficient (Wildman–Crippen LogP) is 2.94. The van der Waals surface area contributed by atoms with Crippen LogP contribution in [0.4, 0.5) is 11.4 Å². The number of sulfonamides is 1. The number of para-hydroxylation sites is 1. The molecule has 0 bridgehead atoms. The van der Waals surface area contributed by atoms with E-state index >= 15 is 0 Å². The fourth-order valence-corrected chi connectivity index (χ4v) is 3.13. The number of aryl methyl sites for hydroxylation is 2. The van der Waals surface area contributed by atoms with Crippen LogP contribution in [0.25, 0.3) is 0 Å². The number of benzene rings is 2. The first-order valence-corrected chi connectivity index (χ1v) is 7.89. The zero-order valence-corrected chi connectivity index (χ0v) is 12.4. The second-order valence-corrected chi connectivity index (χ2v) is 6.32. The summed E-state index contributed by atoms with van der Waals surface area (Å²) in [7, 11) is -3.59. The summed E-state index contributed by atoms with van der Waals surface area (Å²) in [4.78, 5) is 0.218. The molecule has 0 aliphatic carbocycles. The minimum atomic E-state index is -3.59. The molecule has 0 aromatic heterocycles. The standard InChI is InChI=1S/C15H18N2O2S/c1-3-12-6-4-5-7-15(12)17-20(18,19)13-8-9-14(16)11(2)10-13/h4-10,17H,3,16H2,1-2H3. The van der Waals surface area contributed by atoms with Gasteiger partial charge in [0.1, 0.15) is 0 Å². The van der Waals surface area contributed by atoms with E-state index in [4.69, 9.17) is 5.73 Å². The largest absolute Gasteiger partial charge is 0.399 e. The molecule has 0 fully saturated rings. The van der Waals surface area contributed by atoms with E-state index in [1.165, 1.54) is 6.07 Å². The number of hydrogen-bond donors (Lipinski definition) is 2. The van der Waals surface area contributed by atoms with Gasteiger partial charge in [-0.25, -0.2) is 8.42 Å². The van der Waals surface area contributed by atoms with Crippen LogP contribution in [-0.2, 0) is 16.4 Å². The zero-order chi connectivity index (χ0) is 14.8. The van der Waals surface area contributed by atoms with Crippen LogP contribution in [0.3, 0.4) is 0 Å². The van der Waals surface area contributed by atoms with Crippen molar-refractivity contribution in [3.8, 4) is 0 Å². The highest BCUT2D eigenvalue weighted by atomic mass is 32.2. The molecule has 2 aromatic rings. The summed E-state index contributed by atoms with van der Waals surface area (Å²) in [5, 5.41) is 0. The molecule has 0 aliphatic heterocycles. The van der Waals surface area contributed by atoms with E-state index < -0.39 is 10.0 Å². The lowest BCUT2D eigenvalue weighted by Crippen LogP contribution is -2.14. The molecule has 0 spiro atoms. The maximum absolute atomic E-state index is 12.4. The highest BCUT2D eigenvalue weighted by Crippen LogP contribution is 2.22. The summed E-state index contributed by atoms with van der Waals surface area (Å²) in [5.74, 6) is 0. The van der Waals surface area contributed by atoms with Gasteiger partial charge in [0.05, 0.1) is 10.6 Å². The Bertz CT molecular complexity index is 724. The molecule has 0 saturated carbocycles. The number of nitrogens with one attached hydrogen (secondary N) is 1. The third-order valence-electron chi connectivity index (χ3n) is 3.19. The van der Waals surface area contributed by atoms with Crippen LogP contribution in [0, 0.1) is 6.92 Å². The first-order valence-electron chi connectivity index (χ1n) is 6.41. The zero-order valence-electron chi connectivity index (χ0n) is 11.6. The first-order chi connectivity index (χ1) is 9.44. The number of nitrogens with two attached hydrogens (primary N) is 1. The van der Waals surface area contributed by atoms with Gasteiger partial charge in [0, 0.05) is 5.69 Å². The van der Waals surface area contributed by atoms with Gasteiger partial charge in [-0.05, 0) is 48.7 Å². The van der Waals surface area contributed by atoms with E-state index in [1.54, 1.807) is 25.1 Å². The fourth-order valence-electron chi connectivity index (χ4n) is 1.95. The third-order valence-corrected chi connectivity index (χ3v) is 4.56. The van der Waals surface area contributed by atoms with Crippen LogP contribution >= 0.6 is 0 Å². The number of anilines is 2. The van der Waals surface area contributed by atoms with Crippen LogP contribution in [-0.4, -0.2) is 8.42 Å². The van der Waals surface area contributed by atoms with Crippen molar-refractivity contribution in [2.75, 3.05) is 10.5 Å². The Morgan fingerprint density at radius 1 is 1.15 bits per heavy atom. The lowest BCUT2D eigenvalue weighted by molar-refractivity contribution is 0.601. The summed E-state index contributed by atoms with van der Waals surface area (Å²) in [6, 6.07) is 12.1. The maximum atomic E-state index is 12.4. The first kappa shape index (κ1) is 14.4. The molecule has 0 radical (unpaired) electrons. The quantitative estimate of drug-likeness (QED) is 0.850. The molecular formula is C15H18N2O2S. The summed E-state index contributed by atoms with van der Waals surface area (Å²) in [6.07, 6.45) is 0.763. The molecule has 20 heavy (non-hydrogen) atoms. The monoisotopic (exact) mass is 290 g/mol. The average Bonchev–Trinajstić information content (AvgIpc) is 2.42. The van der Waals surface area contributed by atoms with E-state index in [2.05, 4.69) is 4.72 Å². The highest BCUT2D eigenvalue weighted by Gasteiger charge is 2.16. The Hall–Kier alpha value is -2.01. The predicted molar refractivity (Wildman–Crippen MR) is 82.2 cm³/mol. The lowest BCUT2D eigenvalue weighted by atomic mass is 10.1. The van der Waals surface area contributed by atoms with Crippen molar-refractivity contribution in [2.45, 2.75) is 25.2 Å². The van der Waals surface area contributed by atoms with Gasteiger partial charge >= 0.3 is 0 Å². The van der Waals surface area contributed by atoms with E-state index in [0.717, 1.165) is 17.5 Å². The van der Waals surface area contributed by atoms with Gasteiger partial charge in [0.25, 0.3) is 10.0 Å². The normalized spacial score (nSPS) is 11.3. The van der Waals surface area contributed by atoms with Gasteiger partial charge in [0.15, 0.2) is 0 Å². The minimum absolute atomic E-state index is 0.218. The van der Waals surface area contributed by atoms with E-state index in [-0.39, 0.29) is 4.90 Å². The molecule has 4 nitrogen and oxygen atoms in total. The van der Waals surface area contributed by atoms with Crippen molar-refractivity contribution < 1.29 is 8.42 Å². The molecule has 106 valence electrons. The summed E-state index contributed by atoms with van der Waals surface area (Å²) >= 11 is 0. The Morgan fingerprint density at radius 3 is 2.50 bits per heavy atom. The van der Waals surface area contributed by atoms with E-state index in [0.29, 0.717) is 11.4 Å². The molecule has 0 heterocycles. The number of hydrogen-bond acceptors (Lipinski definition) is 3. The van der Waals surface area contributed by atoms with Crippen molar-refractivity contribution in [3.05, 3.63) is 53.6 Å². The summed E-state index contributed by atoms with van der Waals surface area (Å²) < 4.78 is 27.4. The molecule has 0 saturated heterocycles. The maximum Gasteiger partial charge on any atom is 0.261 e. The minimum Gasteiger partial charge on any atom is -0.399 e. The Labute approximate surface area is 119 Å². The molecule has 0 unspecified atom stereocenters. The number of nitrogen functional groups attached to an aromatic ring is 1. The van der Waals surface area contributed by atoms with Crippen molar-refractivity contribution in [2.24, 2.45) is 0 Å². The van der Waals surface area contributed by atoms with Crippen LogP contribution in [0.1, 0.15) is 18.1 Å². The van der Waals surface area contributed by atoms with Crippen molar-refractivity contribution >= 4 is 21.4 Å². The smallest absolute Gasteiger partial charge is 0.261 e. The summed E-state index contributed by atoms with van der Waals surface area (Å²) in [5.41, 5.74) is 8.62. The van der Waals surface area contributed by atoms with Crippen molar-refractivity contribution in [3.63, 3.8) is 0 Å². The SMILES string of the molecule is CCc1ccccc1NS(=O)(=O)c1ccc(N)c(C)c1. The van der Waals surface area contributed by atoms with Crippen LogP contribution in [0.2, 0.25) is 0 Å². The average molecular weight is 290 g/mol. The molecule has 2 rings (SSSR count). The van der Waals surface area contributed by atoms with Gasteiger partial charge in [-0.2, -0.15) is 0 Å². The van der Waals surface area contributed by atoms with Gasteiger partial charge in [-0.1, -0.05) is 25.1 Å². The second-order valence-electron chi connectivity index (χ2n) is 4.63. The van der Waals surface area contributed by atoms with Crippen LogP contribution in [0.15, 0.2) is 47.4 Å². The van der Waals surface area contributed by atoms with Crippen LogP contribution in [0.5, 0.6) is 0 Å². The van der Waals surface area contributed by atoms with Gasteiger partial charge in [0.2, 0.25) is 0 Å². The summed E-state index contributed by atoms with van der Waals surface area (Å²) in [6.45, 7) is 3.77. The van der Waals surface area contributed by atoms with Crippen LogP contribution < -0.4 is 10.5 Å². The molecule has 0 atom stereocenters. The molecule has 0 aliphatic rings. The Kier molecular flexibility index (Phi) is 3.99. The lowest BCUT2D eigenvalue weighted by Gasteiger charge is -2.12. The van der Waals surface area contributed by atoms with Crippen molar-refractivity contribution in [1.82, 2.24) is 0 Å². The molecule has 5 heteroatoms. The molecular weight excluding hydrogens is 272 g/mol. The molecule has 0 amide bonds. The second kappa shape index (κ2) is 5.54. The highest BCUT2D eigenvalue weighted by molar-refractivity contribution is 7.92.